The Kier molecular flexibility index (Phi) is 7.12. The lowest BCUT2D eigenvalue weighted by molar-refractivity contribution is -0.140. The molecule has 0 aromatic heterocycles. The molecule has 1 aliphatic heterocycles. The number of aromatic hydroxyl groups is 1. The normalized spacial score (nSPS) is 17.7. The summed E-state index contributed by atoms with van der Waals surface area (Å²) in [7, 11) is 1.41. The Morgan fingerprint density at radius 2 is 1.94 bits per heavy atom. The topological polar surface area (TPSA) is 94.1 Å². The number of phenolic OH excluding ortho intramolecular Hbond substituents is 1. The molecule has 2 aromatic carbocycles. The van der Waals surface area contributed by atoms with E-state index < -0.39 is 11.9 Å². The number of phenols is 1. The molecule has 34 heavy (non-hydrogen) atoms. The zero-order valence-corrected chi connectivity index (χ0v) is 19.8. The monoisotopic (exact) mass is 483 g/mol. The molecule has 2 N–H and O–H groups in total. The second kappa shape index (κ2) is 10.2. The third kappa shape index (κ3) is 4.75. The second-order valence-electron chi connectivity index (χ2n) is 8.12. The largest absolute Gasteiger partial charge is 0.503 e. The molecule has 1 aliphatic carbocycles. The van der Waals surface area contributed by atoms with Crippen molar-refractivity contribution in [1.82, 2.24) is 5.32 Å². The van der Waals surface area contributed by atoms with Crippen LogP contribution in [-0.2, 0) is 14.3 Å². The molecule has 7 nitrogen and oxygen atoms in total. The van der Waals surface area contributed by atoms with Crippen molar-refractivity contribution in [2.24, 2.45) is 0 Å². The van der Waals surface area contributed by atoms with Gasteiger partial charge in [-0.25, -0.2) is 4.79 Å². The van der Waals surface area contributed by atoms with Gasteiger partial charge in [0.05, 0.1) is 17.7 Å². The van der Waals surface area contributed by atoms with Gasteiger partial charge in [0.25, 0.3) is 0 Å². The summed E-state index contributed by atoms with van der Waals surface area (Å²) < 4.78 is 16.4. The first-order valence-corrected chi connectivity index (χ1v) is 11.4. The van der Waals surface area contributed by atoms with Gasteiger partial charge in [-0.1, -0.05) is 29.8 Å². The number of para-hydroxylation sites is 1. The molecule has 0 spiro atoms. The van der Waals surface area contributed by atoms with E-state index in [1.807, 2.05) is 30.3 Å². The highest BCUT2D eigenvalue weighted by Crippen LogP contribution is 2.46. The molecule has 4 rings (SSSR count). The lowest BCUT2D eigenvalue weighted by Gasteiger charge is -2.34. The molecular weight excluding hydrogens is 458 g/mol. The van der Waals surface area contributed by atoms with Crippen LogP contribution in [-0.4, -0.2) is 37.2 Å². The fourth-order valence-corrected chi connectivity index (χ4v) is 4.61. The minimum absolute atomic E-state index is 0.0351. The van der Waals surface area contributed by atoms with Crippen LogP contribution in [0.25, 0.3) is 0 Å². The summed E-state index contributed by atoms with van der Waals surface area (Å²) in [6.07, 6.45) is 1.83. The minimum Gasteiger partial charge on any atom is -0.503 e. The van der Waals surface area contributed by atoms with Crippen molar-refractivity contribution in [3.63, 3.8) is 0 Å². The van der Waals surface area contributed by atoms with Crippen LogP contribution in [0.15, 0.2) is 65.0 Å². The highest BCUT2D eigenvalue weighted by Gasteiger charge is 2.39. The van der Waals surface area contributed by atoms with Crippen molar-refractivity contribution >= 4 is 23.4 Å². The summed E-state index contributed by atoms with van der Waals surface area (Å²) in [6, 6.07) is 12.4. The SMILES string of the molecule is COc1cc(C2C(C(=O)OCCOc3ccccc3)=C(C)NC3=C2C(=O)CCC3)cc(Cl)c1O. The van der Waals surface area contributed by atoms with E-state index in [0.717, 1.165) is 12.1 Å². The predicted molar refractivity (Wildman–Crippen MR) is 127 cm³/mol. The predicted octanol–water partition coefficient (Wildman–Crippen LogP) is 4.64. The van der Waals surface area contributed by atoms with Crippen molar-refractivity contribution in [2.45, 2.75) is 32.1 Å². The molecule has 178 valence electrons. The smallest absolute Gasteiger partial charge is 0.336 e. The van der Waals surface area contributed by atoms with E-state index in [4.69, 9.17) is 25.8 Å². The zero-order valence-electron chi connectivity index (χ0n) is 19.0. The molecule has 2 aromatic rings. The van der Waals surface area contributed by atoms with Crippen LogP contribution in [0.5, 0.6) is 17.2 Å². The molecule has 1 heterocycles. The van der Waals surface area contributed by atoms with E-state index in [9.17, 15) is 14.7 Å². The van der Waals surface area contributed by atoms with Crippen molar-refractivity contribution in [1.29, 1.82) is 0 Å². The molecule has 0 bridgehead atoms. The molecule has 0 saturated heterocycles. The Morgan fingerprint density at radius 1 is 1.18 bits per heavy atom. The van der Waals surface area contributed by atoms with Crippen LogP contribution in [0, 0.1) is 0 Å². The number of hydrogen-bond acceptors (Lipinski definition) is 7. The molecule has 1 atom stereocenters. The number of allylic oxidation sites excluding steroid dienone is 3. The van der Waals surface area contributed by atoms with Gasteiger partial charge in [-0.05, 0) is 49.6 Å². The number of dihydropyridines is 1. The summed E-state index contributed by atoms with van der Waals surface area (Å²) in [5.41, 5.74) is 2.81. The average Bonchev–Trinajstić information content (AvgIpc) is 2.83. The van der Waals surface area contributed by atoms with E-state index >= 15 is 0 Å². The number of carbonyl (C=O) groups is 2. The van der Waals surface area contributed by atoms with Crippen molar-refractivity contribution < 1.29 is 28.9 Å². The minimum atomic E-state index is -0.696. The van der Waals surface area contributed by atoms with Gasteiger partial charge in [-0.15, -0.1) is 0 Å². The summed E-state index contributed by atoms with van der Waals surface area (Å²) in [5.74, 6) is -0.646. The summed E-state index contributed by atoms with van der Waals surface area (Å²) in [5, 5.41) is 13.5. The molecule has 1 unspecified atom stereocenters. The number of halogens is 1. The third-order valence-corrected chi connectivity index (χ3v) is 6.22. The number of methoxy groups -OCH3 is 1. The Balaban J connectivity index is 1.64. The van der Waals surface area contributed by atoms with Gasteiger partial charge in [0.1, 0.15) is 19.0 Å². The molecule has 8 heteroatoms. The summed E-state index contributed by atoms with van der Waals surface area (Å²) in [4.78, 5) is 26.3. The number of hydrogen-bond donors (Lipinski definition) is 2. The maximum atomic E-state index is 13.3. The molecule has 2 aliphatic rings. The van der Waals surface area contributed by atoms with Crippen molar-refractivity contribution in [2.75, 3.05) is 20.3 Å². The summed E-state index contributed by atoms with van der Waals surface area (Å²) >= 11 is 6.26. The van der Waals surface area contributed by atoms with Crippen LogP contribution in [0.2, 0.25) is 5.02 Å². The molecule has 0 amide bonds. The van der Waals surface area contributed by atoms with Gasteiger partial charge in [-0.3, -0.25) is 4.79 Å². The number of benzene rings is 2. The van der Waals surface area contributed by atoms with E-state index in [0.29, 0.717) is 41.0 Å². The Bertz CT molecular complexity index is 1170. The van der Waals surface area contributed by atoms with Crippen molar-refractivity contribution in [3.05, 3.63) is 75.6 Å². The molecule has 0 fully saturated rings. The van der Waals surface area contributed by atoms with Crippen LogP contribution in [0.3, 0.4) is 0 Å². The average molecular weight is 484 g/mol. The molecule has 0 saturated carbocycles. The lowest BCUT2D eigenvalue weighted by Crippen LogP contribution is -2.34. The number of nitrogens with one attached hydrogen (secondary N) is 1. The number of carbonyl (C=O) groups excluding carboxylic acids is 2. The highest BCUT2D eigenvalue weighted by atomic mass is 35.5. The number of esters is 1. The van der Waals surface area contributed by atoms with Crippen LogP contribution < -0.4 is 14.8 Å². The first-order chi connectivity index (χ1) is 16.4. The Morgan fingerprint density at radius 3 is 2.68 bits per heavy atom. The Labute approximate surface area is 203 Å². The quantitative estimate of drug-likeness (QED) is 0.437. The van der Waals surface area contributed by atoms with Gasteiger partial charge in [0, 0.05) is 29.3 Å². The molecular formula is C26H26ClNO6. The first-order valence-electron chi connectivity index (χ1n) is 11.1. The third-order valence-electron chi connectivity index (χ3n) is 5.93. The van der Waals surface area contributed by atoms with E-state index in [2.05, 4.69) is 5.32 Å². The highest BCUT2D eigenvalue weighted by molar-refractivity contribution is 6.32. The van der Waals surface area contributed by atoms with Gasteiger partial charge in [0.15, 0.2) is 17.3 Å². The van der Waals surface area contributed by atoms with Gasteiger partial charge in [-0.2, -0.15) is 0 Å². The maximum Gasteiger partial charge on any atom is 0.336 e. The van der Waals surface area contributed by atoms with E-state index in [1.165, 1.54) is 7.11 Å². The standard InChI is InChI=1S/C26H26ClNO6/c1-15-22(26(31)34-12-11-33-17-7-4-3-5-8-17)23(24-19(28-15)9-6-10-20(24)29)16-13-18(27)25(30)21(14-16)32-2/h3-5,7-8,13-14,23,28,30H,6,9-12H2,1-2H3. The van der Waals surface area contributed by atoms with Crippen molar-refractivity contribution in [3.8, 4) is 17.2 Å². The number of Topliss-reactive ketones (excluding diaryl/α,β-unsaturated/α-hetero) is 1. The van der Waals surface area contributed by atoms with E-state index in [1.54, 1.807) is 19.1 Å². The zero-order chi connectivity index (χ0) is 24.2. The fraction of sp³-hybridized carbons (Fsp3) is 0.308. The lowest BCUT2D eigenvalue weighted by atomic mass is 9.75. The van der Waals surface area contributed by atoms with Crippen LogP contribution >= 0.6 is 11.6 Å². The van der Waals surface area contributed by atoms with Gasteiger partial charge >= 0.3 is 5.97 Å². The Hall–Kier alpha value is -3.45. The summed E-state index contributed by atoms with van der Waals surface area (Å²) in [6.45, 7) is 2.01. The van der Waals surface area contributed by atoms with Crippen LogP contribution in [0.1, 0.15) is 37.7 Å². The fourth-order valence-electron chi connectivity index (χ4n) is 4.39. The second-order valence-corrected chi connectivity index (χ2v) is 8.52. The van der Waals surface area contributed by atoms with E-state index in [-0.39, 0.29) is 35.5 Å². The number of ether oxygens (including phenoxy) is 3. The van der Waals surface area contributed by atoms with Crippen LogP contribution in [0.4, 0.5) is 0 Å². The first kappa shape index (κ1) is 23.7. The van der Waals surface area contributed by atoms with Gasteiger partial charge in [0.2, 0.25) is 0 Å². The molecule has 0 radical (unpaired) electrons. The number of rotatable bonds is 7. The van der Waals surface area contributed by atoms with Gasteiger partial charge < -0.3 is 24.6 Å². The maximum absolute atomic E-state index is 13.3. The number of ketones is 1.